The third kappa shape index (κ3) is 5.71. The number of carbonyl (C=O) groups excluding carboxylic acids is 1. The average Bonchev–Trinajstić information content (AvgIpc) is 2.34. The topological polar surface area (TPSA) is 41.1 Å². The molecule has 0 aromatic carbocycles. The van der Waals surface area contributed by atoms with Crippen LogP contribution in [0.15, 0.2) is 35.2 Å². The number of hydrazine groups is 1. The van der Waals surface area contributed by atoms with E-state index in [1.165, 1.54) is 0 Å². The van der Waals surface area contributed by atoms with Crippen LogP contribution in [0, 0.1) is 5.92 Å². The maximum Gasteiger partial charge on any atom is 0.155 e. The molecule has 0 radical (unpaired) electrons. The van der Waals surface area contributed by atoms with Crippen molar-refractivity contribution in [2.24, 2.45) is 5.92 Å². The first-order chi connectivity index (χ1) is 8.43. The van der Waals surface area contributed by atoms with Crippen LogP contribution in [-0.4, -0.2) is 5.78 Å². The minimum Gasteiger partial charge on any atom is -0.309 e. The average molecular weight is 250 g/mol. The van der Waals surface area contributed by atoms with E-state index in [4.69, 9.17) is 0 Å². The van der Waals surface area contributed by atoms with Crippen LogP contribution >= 0.6 is 0 Å². The fourth-order valence-electron chi connectivity index (χ4n) is 1.69. The zero-order valence-corrected chi connectivity index (χ0v) is 12.4. The molecule has 0 saturated carbocycles. The monoisotopic (exact) mass is 250 g/mol. The molecular weight excluding hydrogens is 224 g/mol. The lowest BCUT2D eigenvalue weighted by atomic mass is 9.91. The molecule has 0 aliphatic heterocycles. The molecule has 0 heterocycles. The number of carbonyl (C=O) groups is 1. The van der Waals surface area contributed by atoms with Gasteiger partial charge >= 0.3 is 0 Å². The van der Waals surface area contributed by atoms with E-state index in [0.29, 0.717) is 5.92 Å². The number of allylic oxidation sites excluding steroid dienone is 5. The van der Waals surface area contributed by atoms with Crippen molar-refractivity contribution in [3.8, 4) is 0 Å². The Morgan fingerprint density at radius 3 is 2.28 bits per heavy atom. The van der Waals surface area contributed by atoms with Gasteiger partial charge in [0.1, 0.15) is 0 Å². The normalized spacial score (nSPS) is 15.3. The molecule has 0 aliphatic rings. The van der Waals surface area contributed by atoms with Gasteiger partial charge in [0.25, 0.3) is 0 Å². The summed E-state index contributed by atoms with van der Waals surface area (Å²) in [5.74, 6) is 0.450. The molecule has 0 amide bonds. The predicted octanol–water partition coefficient (Wildman–Crippen LogP) is 3.47. The first-order valence-electron chi connectivity index (χ1n) is 6.43. The molecule has 0 bridgehead atoms. The van der Waals surface area contributed by atoms with Gasteiger partial charge in [0, 0.05) is 11.9 Å². The van der Waals surface area contributed by atoms with Gasteiger partial charge in [0.15, 0.2) is 5.78 Å². The largest absolute Gasteiger partial charge is 0.309 e. The Balaban J connectivity index is 4.84. The van der Waals surface area contributed by atoms with Crippen molar-refractivity contribution in [2.75, 3.05) is 0 Å². The van der Waals surface area contributed by atoms with Crippen molar-refractivity contribution in [3.63, 3.8) is 0 Å². The molecule has 0 aromatic rings. The Hall–Kier alpha value is -1.51. The Morgan fingerprint density at radius 2 is 1.83 bits per heavy atom. The smallest absolute Gasteiger partial charge is 0.155 e. The molecule has 1 unspecified atom stereocenters. The van der Waals surface area contributed by atoms with Crippen LogP contribution in [-0.2, 0) is 4.79 Å². The summed E-state index contributed by atoms with van der Waals surface area (Å²) in [6.07, 6.45) is 6.89. The molecule has 0 saturated heterocycles. The third-order valence-corrected chi connectivity index (χ3v) is 3.09. The molecule has 0 rings (SSSR count). The van der Waals surface area contributed by atoms with E-state index >= 15 is 0 Å². The fourth-order valence-corrected chi connectivity index (χ4v) is 1.69. The number of rotatable bonds is 7. The van der Waals surface area contributed by atoms with Crippen molar-refractivity contribution < 1.29 is 4.79 Å². The molecule has 102 valence electrons. The van der Waals surface area contributed by atoms with E-state index < -0.39 is 0 Å². The number of Topliss-reactive ketones (excluding diaryl/α,β-unsaturated/α-hetero) is 1. The van der Waals surface area contributed by atoms with E-state index in [1.807, 2.05) is 40.0 Å². The highest BCUT2D eigenvalue weighted by atomic mass is 16.1. The third-order valence-electron chi connectivity index (χ3n) is 3.09. The molecule has 1 atom stereocenters. The quantitative estimate of drug-likeness (QED) is 0.537. The van der Waals surface area contributed by atoms with Crippen molar-refractivity contribution in [1.82, 2.24) is 10.9 Å². The summed E-state index contributed by atoms with van der Waals surface area (Å²) in [4.78, 5) is 11.4. The summed E-state index contributed by atoms with van der Waals surface area (Å²) >= 11 is 0. The molecule has 0 fully saturated rings. The molecule has 18 heavy (non-hydrogen) atoms. The number of hydrogen-bond acceptors (Lipinski definition) is 3. The molecule has 2 N–H and O–H groups in total. The molecule has 3 nitrogen and oxygen atoms in total. The summed E-state index contributed by atoms with van der Waals surface area (Å²) in [6.45, 7) is 11.6. The van der Waals surface area contributed by atoms with Crippen molar-refractivity contribution in [3.05, 3.63) is 35.2 Å². The van der Waals surface area contributed by atoms with Gasteiger partial charge in [-0.1, -0.05) is 24.6 Å². The lowest BCUT2D eigenvalue weighted by Crippen LogP contribution is -2.25. The van der Waals surface area contributed by atoms with Crippen LogP contribution in [0.1, 0.15) is 48.0 Å². The van der Waals surface area contributed by atoms with Crippen molar-refractivity contribution in [1.29, 1.82) is 0 Å². The molecule has 0 spiro atoms. The highest BCUT2D eigenvalue weighted by molar-refractivity contribution is 5.93. The van der Waals surface area contributed by atoms with E-state index in [9.17, 15) is 4.79 Å². The summed E-state index contributed by atoms with van der Waals surface area (Å²) in [7, 11) is 0. The maximum absolute atomic E-state index is 11.4. The maximum atomic E-state index is 11.4. The fraction of sp³-hybridized carbons (Fsp3) is 0.533. The van der Waals surface area contributed by atoms with Crippen LogP contribution in [0.5, 0.6) is 0 Å². The Morgan fingerprint density at radius 1 is 1.22 bits per heavy atom. The van der Waals surface area contributed by atoms with Gasteiger partial charge in [0.05, 0.1) is 0 Å². The second-order valence-corrected chi connectivity index (χ2v) is 4.50. The van der Waals surface area contributed by atoms with Crippen molar-refractivity contribution in [2.45, 2.75) is 48.0 Å². The van der Waals surface area contributed by atoms with Gasteiger partial charge in [-0.25, -0.2) is 0 Å². The van der Waals surface area contributed by atoms with Crippen LogP contribution < -0.4 is 10.9 Å². The number of nitrogens with one attached hydrogen (secondary N) is 2. The summed E-state index contributed by atoms with van der Waals surface area (Å²) in [5, 5.41) is 0. The van der Waals surface area contributed by atoms with Gasteiger partial charge < -0.3 is 10.9 Å². The lowest BCUT2D eigenvalue weighted by molar-refractivity contribution is -0.113. The predicted molar refractivity (Wildman–Crippen MR) is 77.7 cm³/mol. The SMILES string of the molecule is C/C=C/NN/C(C)=C\C(CC)/C(C)=C(\C)C(C)=O. The van der Waals surface area contributed by atoms with Crippen LogP contribution in [0.4, 0.5) is 0 Å². The Labute approximate surface area is 111 Å². The van der Waals surface area contributed by atoms with Crippen LogP contribution in [0.25, 0.3) is 0 Å². The summed E-state index contributed by atoms with van der Waals surface area (Å²) < 4.78 is 0. The molecule has 0 aromatic heterocycles. The van der Waals surface area contributed by atoms with Crippen LogP contribution in [0.3, 0.4) is 0 Å². The minimum atomic E-state index is 0.150. The van der Waals surface area contributed by atoms with E-state index in [2.05, 4.69) is 23.9 Å². The zero-order valence-electron chi connectivity index (χ0n) is 12.4. The minimum absolute atomic E-state index is 0.150. The van der Waals surface area contributed by atoms with Crippen molar-refractivity contribution >= 4 is 5.78 Å². The van der Waals surface area contributed by atoms with E-state index in [1.54, 1.807) is 6.92 Å². The standard InChI is InChI=1S/C15H26N2O/c1-7-9-16-17-11(3)10-15(8-2)13(5)12(4)14(6)18/h7,9-10,15-17H,8H2,1-6H3/b9-7+,11-10-,13-12+. The Kier molecular flexibility index (Phi) is 7.84. The molecule has 0 aliphatic carbocycles. The van der Waals surface area contributed by atoms with Gasteiger partial charge in [-0.05, 0) is 52.5 Å². The summed E-state index contributed by atoms with van der Waals surface area (Å²) in [6, 6.07) is 0. The molecule has 3 heteroatoms. The van der Waals surface area contributed by atoms with Gasteiger partial charge in [-0.15, -0.1) is 0 Å². The highest BCUT2D eigenvalue weighted by Gasteiger charge is 2.11. The number of hydrogen-bond donors (Lipinski definition) is 2. The number of ketones is 1. The van der Waals surface area contributed by atoms with Gasteiger partial charge in [-0.2, -0.15) is 0 Å². The van der Waals surface area contributed by atoms with E-state index in [0.717, 1.165) is 23.3 Å². The first kappa shape index (κ1) is 16.5. The zero-order chi connectivity index (χ0) is 14.1. The first-order valence-corrected chi connectivity index (χ1v) is 6.43. The van der Waals surface area contributed by atoms with E-state index in [-0.39, 0.29) is 5.78 Å². The van der Waals surface area contributed by atoms with Gasteiger partial charge in [0.2, 0.25) is 0 Å². The highest BCUT2D eigenvalue weighted by Crippen LogP contribution is 2.21. The van der Waals surface area contributed by atoms with Crippen LogP contribution in [0.2, 0.25) is 0 Å². The molecular formula is C15H26N2O. The Bertz CT molecular complexity index is 365. The second-order valence-electron chi connectivity index (χ2n) is 4.50. The van der Waals surface area contributed by atoms with Gasteiger partial charge in [-0.3, -0.25) is 4.79 Å². The second kappa shape index (κ2) is 8.56. The summed E-state index contributed by atoms with van der Waals surface area (Å²) in [5.41, 5.74) is 9.13. The lowest BCUT2D eigenvalue weighted by Gasteiger charge is -2.16.